The second kappa shape index (κ2) is 13.9. The van der Waals surface area contributed by atoms with Crippen LogP contribution in [0.2, 0.25) is 0 Å². The summed E-state index contributed by atoms with van der Waals surface area (Å²) >= 11 is 1.67. The van der Waals surface area contributed by atoms with Crippen molar-refractivity contribution in [3.05, 3.63) is 111 Å². The maximum atomic E-state index is 13.7. The van der Waals surface area contributed by atoms with Crippen molar-refractivity contribution in [2.45, 2.75) is 64.4 Å². The molecule has 0 bridgehead atoms. The third kappa shape index (κ3) is 7.34. The molecule has 3 heterocycles. The first-order valence-corrected chi connectivity index (χ1v) is 15.5. The molecule has 1 unspecified atom stereocenters. The van der Waals surface area contributed by atoms with E-state index in [1.54, 1.807) is 23.5 Å². The fraction of sp³-hybridized carbons (Fsp3) is 0.364. The quantitative estimate of drug-likeness (QED) is 0.223. The van der Waals surface area contributed by atoms with Gasteiger partial charge in [-0.3, -0.25) is 14.3 Å². The summed E-state index contributed by atoms with van der Waals surface area (Å²) < 4.78 is 1.86. The monoisotopic (exact) mass is 585 g/mol. The number of likely N-dealkylation sites (tertiary alicyclic amines) is 1. The molecule has 4 aromatic rings. The number of hydrogen-bond donors (Lipinski definition) is 3. The lowest BCUT2D eigenvalue weighted by Crippen LogP contribution is -2.48. The number of rotatable bonds is 12. The van der Waals surface area contributed by atoms with E-state index in [9.17, 15) is 14.7 Å². The highest BCUT2D eigenvalue weighted by molar-refractivity contribution is 7.10. The number of aliphatic hydroxyl groups excluding tert-OH is 1. The van der Waals surface area contributed by atoms with Crippen LogP contribution in [-0.2, 0) is 19.5 Å². The highest BCUT2D eigenvalue weighted by Crippen LogP contribution is 2.35. The first-order valence-electron chi connectivity index (χ1n) is 14.6. The Morgan fingerprint density at radius 1 is 1.10 bits per heavy atom. The lowest BCUT2D eigenvalue weighted by molar-refractivity contribution is 0.0737. The van der Waals surface area contributed by atoms with E-state index < -0.39 is 12.1 Å². The topological polar surface area (TPSA) is 99.5 Å². The van der Waals surface area contributed by atoms with Gasteiger partial charge in [-0.15, -0.1) is 11.3 Å². The van der Waals surface area contributed by atoms with Gasteiger partial charge in [0.25, 0.3) is 11.8 Å². The van der Waals surface area contributed by atoms with Crippen LogP contribution < -0.4 is 10.6 Å². The number of hydrogen-bond acceptors (Lipinski definition) is 6. The molecule has 0 radical (unpaired) electrons. The van der Waals surface area contributed by atoms with E-state index in [1.807, 2.05) is 83.7 Å². The molecule has 2 aromatic carbocycles. The van der Waals surface area contributed by atoms with E-state index >= 15 is 0 Å². The molecule has 1 aliphatic heterocycles. The zero-order valence-electron chi connectivity index (χ0n) is 24.2. The molecule has 1 fully saturated rings. The Kier molecular flexibility index (Phi) is 9.84. The van der Waals surface area contributed by atoms with Crippen molar-refractivity contribution in [3.8, 4) is 0 Å². The molecule has 5 rings (SSSR count). The molecule has 220 valence electrons. The van der Waals surface area contributed by atoms with Crippen LogP contribution in [0.25, 0.3) is 0 Å². The van der Waals surface area contributed by atoms with Gasteiger partial charge in [0.2, 0.25) is 0 Å². The molecule has 0 aliphatic carbocycles. The zero-order valence-corrected chi connectivity index (χ0v) is 25.0. The van der Waals surface area contributed by atoms with Crippen LogP contribution >= 0.6 is 11.3 Å². The standard InChI is InChI=1S/C33H39N5O3S/c1-3-37-22-25(20-35-37)19-34-21-30(39)28(17-24-9-5-4-6-10-24)36-32(40)26-15-23(2)16-27(18-26)33(41)38-13-7-11-29(38)31-12-8-14-42-31/h4-6,8-10,12,14-16,18,20,22,28-30,34,39H,3,7,11,13,17,19,21H2,1-2H3,(H,36,40)/t28-,29?,30+/m0/s1. The van der Waals surface area contributed by atoms with E-state index in [0.29, 0.717) is 37.2 Å². The summed E-state index contributed by atoms with van der Waals surface area (Å²) in [6.45, 7) is 6.30. The summed E-state index contributed by atoms with van der Waals surface area (Å²) in [5.41, 5.74) is 3.81. The molecule has 9 heteroatoms. The molecule has 0 spiro atoms. The van der Waals surface area contributed by atoms with E-state index in [1.165, 1.54) is 4.88 Å². The van der Waals surface area contributed by atoms with Crippen LogP contribution in [0.3, 0.4) is 0 Å². The van der Waals surface area contributed by atoms with Crippen molar-refractivity contribution in [2.24, 2.45) is 0 Å². The third-order valence-electron chi connectivity index (χ3n) is 7.74. The van der Waals surface area contributed by atoms with Gasteiger partial charge in [0.05, 0.1) is 24.4 Å². The first kappa shape index (κ1) is 29.7. The molecule has 8 nitrogen and oxygen atoms in total. The lowest BCUT2D eigenvalue weighted by Gasteiger charge is -2.26. The molecule has 42 heavy (non-hydrogen) atoms. The normalized spacial score (nSPS) is 16.4. The van der Waals surface area contributed by atoms with Gasteiger partial charge in [-0.25, -0.2) is 0 Å². The average molecular weight is 586 g/mol. The Hall–Kier alpha value is -3.79. The second-order valence-electron chi connectivity index (χ2n) is 10.9. The minimum atomic E-state index is -0.836. The molecule has 1 saturated heterocycles. The van der Waals surface area contributed by atoms with Gasteiger partial charge in [-0.05, 0) is 73.9 Å². The Balaban J connectivity index is 1.29. The number of nitrogens with one attached hydrogen (secondary N) is 2. The highest BCUT2D eigenvalue weighted by Gasteiger charge is 2.32. The van der Waals surface area contributed by atoms with Crippen molar-refractivity contribution in [1.82, 2.24) is 25.3 Å². The van der Waals surface area contributed by atoms with Crippen molar-refractivity contribution in [3.63, 3.8) is 0 Å². The molecule has 3 N–H and O–H groups in total. The van der Waals surface area contributed by atoms with Gasteiger partial charge in [-0.2, -0.15) is 5.10 Å². The number of amides is 2. The number of aryl methyl sites for hydroxylation is 2. The van der Waals surface area contributed by atoms with Crippen LogP contribution in [0.15, 0.2) is 78.4 Å². The van der Waals surface area contributed by atoms with Gasteiger partial charge in [-0.1, -0.05) is 36.4 Å². The van der Waals surface area contributed by atoms with Crippen molar-refractivity contribution < 1.29 is 14.7 Å². The van der Waals surface area contributed by atoms with E-state index in [4.69, 9.17) is 0 Å². The Morgan fingerprint density at radius 3 is 2.64 bits per heavy atom. The fourth-order valence-corrected chi connectivity index (χ4v) is 6.44. The summed E-state index contributed by atoms with van der Waals surface area (Å²) in [5.74, 6) is -0.367. The van der Waals surface area contributed by atoms with Crippen LogP contribution in [-0.4, -0.2) is 56.8 Å². The fourth-order valence-electron chi connectivity index (χ4n) is 5.57. The minimum absolute atomic E-state index is 0.0554. The average Bonchev–Trinajstić information content (AvgIpc) is 3.78. The number of aromatic nitrogens is 2. The summed E-state index contributed by atoms with van der Waals surface area (Å²) in [5, 5.41) is 23.9. The summed E-state index contributed by atoms with van der Waals surface area (Å²) in [6.07, 6.45) is 5.33. The summed E-state index contributed by atoms with van der Waals surface area (Å²) in [4.78, 5) is 30.4. The zero-order chi connectivity index (χ0) is 29.5. The number of carbonyl (C=O) groups excluding carboxylic acids is 2. The molecular formula is C33H39N5O3S. The molecule has 0 saturated carbocycles. The predicted octanol–water partition coefficient (Wildman–Crippen LogP) is 4.74. The number of benzene rings is 2. The van der Waals surface area contributed by atoms with Crippen molar-refractivity contribution >= 4 is 23.2 Å². The molecular weight excluding hydrogens is 546 g/mol. The van der Waals surface area contributed by atoms with Gasteiger partial charge in [0.15, 0.2) is 0 Å². The Bertz CT molecular complexity index is 1470. The molecule has 2 aromatic heterocycles. The second-order valence-corrected chi connectivity index (χ2v) is 11.9. The molecule has 3 atom stereocenters. The van der Waals surface area contributed by atoms with Crippen LogP contribution in [0, 0.1) is 6.92 Å². The summed E-state index contributed by atoms with van der Waals surface area (Å²) in [7, 11) is 0. The Labute approximate surface area is 251 Å². The highest BCUT2D eigenvalue weighted by atomic mass is 32.1. The number of thiophene rings is 1. The largest absolute Gasteiger partial charge is 0.390 e. The van der Waals surface area contributed by atoms with Crippen LogP contribution in [0.1, 0.15) is 68.1 Å². The van der Waals surface area contributed by atoms with Crippen LogP contribution in [0.5, 0.6) is 0 Å². The van der Waals surface area contributed by atoms with Crippen molar-refractivity contribution in [1.29, 1.82) is 0 Å². The number of nitrogens with zero attached hydrogens (tertiary/aromatic N) is 3. The van der Waals surface area contributed by atoms with E-state index in [-0.39, 0.29) is 17.9 Å². The number of aliphatic hydroxyl groups is 1. The number of carbonyl (C=O) groups is 2. The lowest BCUT2D eigenvalue weighted by atomic mass is 9.99. The SMILES string of the molecule is CCn1cc(CNC[C@@H](O)[C@H](Cc2ccccc2)NC(=O)c2cc(C)cc(C(=O)N3CCCC3c3cccs3)c2)cn1. The minimum Gasteiger partial charge on any atom is -0.390 e. The van der Waals surface area contributed by atoms with E-state index in [2.05, 4.69) is 21.8 Å². The predicted molar refractivity (Wildman–Crippen MR) is 166 cm³/mol. The van der Waals surface area contributed by atoms with Gasteiger partial charge in [0.1, 0.15) is 0 Å². The Morgan fingerprint density at radius 2 is 1.90 bits per heavy atom. The van der Waals surface area contributed by atoms with E-state index in [0.717, 1.165) is 36.1 Å². The summed E-state index contributed by atoms with van der Waals surface area (Å²) in [6, 6.07) is 18.8. The van der Waals surface area contributed by atoms with Crippen molar-refractivity contribution in [2.75, 3.05) is 13.1 Å². The first-order chi connectivity index (χ1) is 20.4. The van der Waals surface area contributed by atoms with Crippen LogP contribution in [0.4, 0.5) is 0 Å². The maximum Gasteiger partial charge on any atom is 0.254 e. The van der Waals surface area contributed by atoms with Gasteiger partial charge >= 0.3 is 0 Å². The molecule has 1 aliphatic rings. The maximum absolute atomic E-state index is 13.7. The molecule has 2 amide bonds. The smallest absolute Gasteiger partial charge is 0.254 e. The van der Waals surface area contributed by atoms with Gasteiger partial charge < -0.3 is 20.6 Å². The third-order valence-corrected chi connectivity index (χ3v) is 8.72. The van der Waals surface area contributed by atoms with Gasteiger partial charge in [0, 0.05) is 53.9 Å².